The highest BCUT2D eigenvalue weighted by atomic mass is 32.2. The molecule has 0 saturated carbocycles. The monoisotopic (exact) mass is 239 g/mol. The zero-order valence-electron chi connectivity index (χ0n) is 8.41. The van der Waals surface area contributed by atoms with Gasteiger partial charge in [0.15, 0.2) is 0 Å². The molecule has 2 nitrogen and oxygen atoms in total. The first kappa shape index (κ1) is 9.87. The van der Waals surface area contributed by atoms with Crippen LogP contribution in [0.4, 0.5) is 0 Å². The van der Waals surface area contributed by atoms with Crippen LogP contribution in [0.1, 0.15) is 27.7 Å². The van der Waals surface area contributed by atoms with Crippen LogP contribution >= 0.6 is 23.1 Å². The summed E-state index contributed by atoms with van der Waals surface area (Å²) in [5, 5.41) is 3.31. The van der Waals surface area contributed by atoms with Gasteiger partial charge in [-0.25, -0.2) is 0 Å². The molecule has 1 N–H and O–H groups in total. The molecule has 0 spiro atoms. The van der Waals surface area contributed by atoms with Crippen LogP contribution in [0, 0.1) is 0 Å². The fraction of sp³-hybridized carbons (Fsp3) is 0.545. The number of thiophene rings is 1. The quantitative estimate of drug-likeness (QED) is 0.814. The standard InChI is InChI=1S/C11H13NOS2/c13-9-1-2-12-4-8(9)10-3-7-5-14-6-11(7)15-10/h3,8,12H,1-2,4-6H2. The van der Waals surface area contributed by atoms with Crippen LogP contribution in [0.5, 0.6) is 0 Å². The highest BCUT2D eigenvalue weighted by molar-refractivity contribution is 7.98. The molecule has 1 aromatic rings. The number of hydrogen-bond donors (Lipinski definition) is 1. The predicted molar refractivity (Wildman–Crippen MR) is 64.6 cm³/mol. The van der Waals surface area contributed by atoms with Gasteiger partial charge in [0.25, 0.3) is 0 Å². The van der Waals surface area contributed by atoms with E-state index in [1.807, 2.05) is 23.1 Å². The van der Waals surface area contributed by atoms with Gasteiger partial charge in [-0.05, 0) is 11.6 Å². The molecule has 0 bridgehead atoms. The molecule has 15 heavy (non-hydrogen) atoms. The number of rotatable bonds is 1. The van der Waals surface area contributed by atoms with Crippen LogP contribution in [0.25, 0.3) is 0 Å². The van der Waals surface area contributed by atoms with Gasteiger partial charge in [0.1, 0.15) is 5.78 Å². The minimum Gasteiger partial charge on any atom is -0.315 e. The average Bonchev–Trinajstić information content (AvgIpc) is 2.77. The predicted octanol–water partition coefficient (Wildman–Crippen LogP) is 2.14. The largest absolute Gasteiger partial charge is 0.315 e. The Balaban J connectivity index is 1.88. The van der Waals surface area contributed by atoms with Crippen molar-refractivity contribution in [1.29, 1.82) is 0 Å². The maximum Gasteiger partial charge on any atom is 0.143 e. The maximum absolute atomic E-state index is 11.8. The molecule has 0 amide bonds. The zero-order valence-corrected chi connectivity index (χ0v) is 10.0. The summed E-state index contributed by atoms with van der Waals surface area (Å²) < 4.78 is 0. The van der Waals surface area contributed by atoms with E-state index in [9.17, 15) is 4.79 Å². The van der Waals surface area contributed by atoms with Crippen LogP contribution < -0.4 is 5.32 Å². The van der Waals surface area contributed by atoms with Crippen molar-refractivity contribution in [2.24, 2.45) is 0 Å². The summed E-state index contributed by atoms with van der Waals surface area (Å²) in [6.07, 6.45) is 0.696. The molecule has 3 rings (SSSR count). The van der Waals surface area contributed by atoms with Crippen molar-refractivity contribution in [3.05, 3.63) is 21.4 Å². The average molecular weight is 239 g/mol. The van der Waals surface area contributed by atoms with Crippen LogP contribution in [-0.2, 0) is 16.3 Å². The number of Topliss-reactive ketones (excluding diaryl/α,β-unsaturated/α-hetero) is 1. The smallest absolute Gasteiger partial charge is 0.143 e. The molecule has 1 saturated heterocycles. The fourth-order valence-electron chi connectivity index (χ4n) is 2.16. The second-order valence-electron chi connectivity index (χ2n) is 4.06. The molecular formula is C11H13NOS2. The Bertz CT molecular complexity index is 378. The molecule has 0 aliphatic carbocycles. The Morgan fingerprint density at radius 1 is 1.40 bits per heavy atom. The first-order chi connectivity index (χ1) is 7.34. The van der Waals surface area contributed by atoms with E-state index in [0.29, 0.717) is 12.2 Å². The van der Waals surface area contributed by atoms with E-state index < -0.39 is 0 Å². The van der Waals surface area contributed by atoms with Crippen molar-refractivity contribution in [1.82, 2.24) is 5.32 Å². The van der Waals surface area contributed by atoms with Crippen LogP contribution in [-0.4, -0.2) is 18.9 Å². The highest BCUT2D eigenvalue weighted by Crippen LogP contribution is 2.39. The second kappa shape index (κ2) is 3.92. The summed E-state index contributed by atoms with van der Waals surface area (Å²) in [4.78, 5) is 14.6. The molecular weight excluding hydrogens is 226 g/mol. The minimum absolute atomic E-state index is 0.138. The number of fused-ring (bicyclic) bond motifs is 1. The number of hydrogen-bond acceptors (Lipinski definition) is 4. The lowest BCUT2D eigenvalue weighted by Crippen LogP contribution is -2.34. The van der Waals surface area contributed by atoms with Gasteiger partial charge >= 0.3 is 0 Å². The van der Waals surface area contributed by atoms with Crippen molar-refractivity contribution in [2.45, 2.75) is 23.8 Å². The molecule has 1 atom stereocenters. The van der Waals surface area contributed by atoms with Crippen molar-refractivity contribution >= 4 is 28.9 Å². The molecule has 0 radical (unpaired) electrons. The summed E-state index contributed by atoms with van der Waals surface area (Å²) >= 11 is 3.83. The van der Waals surface area contributed by atoms with Crippen LogP contribution in [0.15, 0.2) is 6.07 Å². The van der Waals surface area contributed by atoms with Crippen molar-refractivity contribution in [2.75, 3.05) is 13.1 Å². The lowest BCUT2D eigenvalue weighted by Gasteiger charge is -2.20. The van der Waals surface area contributed by atoms with E-state index in [4.69, 9.17) is 0 Å². The van der Waals surface area contributed by atoms with Gasteiger partial charge in [-0.1, -0.05) is 0 Å². The summed E-state index contributed by atoms with van der Waals surface area (Å²) in [6.45, 7) is 1.70. The Morgan fingerprint density at radius 3 is 3.13 bits per heavy atom. The molecule has 4 heteroatoms. The number of piperidine rings is 1. The molecule has 1 fully saturated rings. The third kappa shape index (κ3) is 1.75. The van der Waals surface area contributed by atoms with E-state index in [1.54, 1.807) is 0 Å². The molecule has 3 heterocycles. The van der Waals surface area contributed by atoms with Gasteiger partial charge in [-0.2, -0.15) is 11.8 Å². The van der Waals surface area contributed by atoms with Gasteiger partial charge in [-0.3, -0.25) is 4.79 Å². The number of ketones is 1. The van der Waals surface area contributed by atoms with Crippen molar-refractivity contribution in [3.8, 4) is 0 Å². The van der Waals surface area contributed by atoms with Gasteiger partial charge < -0.3 is 5.32 Å². The van der Waals surface area contributed by atoms with Crippen molar-refractivity contribution in [3.63, 3.8) is 0 Å². The first-order valence-electron chi connectivity index (χ1n) is 5.27. The lowest BCUT2D eigenvalue weighted by atomic mass is 9.96. The van der Waals surface area contributed by atoms with Gasteiger partial charge in [0.2, 0.25) is 0 Å². The number of thioether (sulfide) groups is 1. The van der Waals surface area contributed by atoms with Gasteiger partial charge in [-0.15, -0.1) is 11.3 Å². The fourth-order valence-corrected chi connectivity index (χ4v) is 4.80. The third-order valence-electron chi connectivity index (χ3n) is 3.04. The Labute approximate surface area is 97.4 Å². The summed E-state index contributed by atoms with van der Waals surface area (Å²) in [5.41, 5.74) is 1.47. The molecule has 1 unspecified atom stereocenters. The molecule has 2 aliphatic heterocycles. The normalized spacial score (nSPS) is 25.6. The van der Waals surface area contributed by atoms with Crippen LogP contribution in [0.3, 0.4) is 0 Å². The Kier molecular flexibility index (Phi) is 2.58. The van der Waals surface area contributed by atoms with E-state index in [-0.39, 0.29) is 5.92 Å². The van der Waals surface area contributed by atoms with Crippen LogP contribution in [0.2, 0.25) is 0 Å². The Morgan fingerprint density at radius 2 is 2.33 bits per heavy atom. The summed E-state index contributed by atoms with van der Waals surface area (Å²) in [5.74, 6) is 2.84. The minimum atomic E-state index is 0.138. The number of nitrogens with one attached hydrogen (secondary N) is 1. The molecule has 80 valence electrons. The van der Waals surface area contributed by atoms with E-state index >= 15 is 0 Å². The van der Waals surface area contributed by atoms with Crippen molar-refractivity contribution < 1.29 is 4.79 Å². The summed E-state index contributed by atoms with van der Waals surface area (Å²) in [7, 11) is 0. The van der Waals surface area contributed by atoms with E-state index in [2.05, 4.69) is 11.4 Å². The number of carbonyl (C=O) groups is 1. The Hall–Kier alpha value is -0.320. The molecule has 0 aromatic carbocycles. The molecule has 1 aromatic heterocycles. The van der Waals surface area contributed by atoms with E-state index in [1.165, 1.54) is 15.3 Å². The summed E-state index contributed by atoms with van der Waals surface area (Å²) in [6, 6.07) is 2.26. The van der Waals surface area contributed by atoms with E-state index in [0.717, 1.165) is 24.6 Å². The highest BCUT2D eigenvalue weighted by Gasteiger charge is 2.27. The third-order valence-corrected chi connectivity index (χ3v) is 5.52. The SMILES string of the molecule is O=C1CCNCC1c1cc2c(s1)CSC2. The second-order valence-corrected chi connectivity index (χ2v) is 6.22. The molecule has 2 aliphatic rings. The van der Waals surface area contributed by atoms with Gasteiger partial charge in [0.05, 0.1) is 5.92 Å². The maximum atomic E-state index is 11.8. The van der Waals surface area contributed by atoms with Gasteiger partial charge in [0, 0.05) is 40.8 Å². The number of carbonyl (C=O) groups excluding carboxylic acids is 1. The zero-order chi connectivity index (χ0) is 10.3. The first-order valence-corrected chi connectivity index (χ1v) is 7.24. The lowest BCUT2D eigenvalue weighted by molar-refractivity contribution is -0.121. The topological polar surface area (TPSA) is 29.1 Å².